The molecule has 16 nitrogen and oxygen atoms in total. The molecule has 0 amide bonds. The third-order valence-electron chi connectivity index (χ3n) is 9.23. The molecule has 344 valence electrons. The van der Waals surface area contributed by atoms with Gasteiger partial charge in [-0.05, 0) is 89.4 Å². The van der Waals surface area contributed by atoms with Crippen molar-refractivity contribution in [1.29, 1.82) is 0 Å². The largest absolute Gasteiger partial charge is 0.526 e. The molecule has 6 N–H and O–H groups in total. The number of aromatic nitrogens is 4. The number of aromatic amines is 2. The van der Waals surface area contributed by atoms with Crippen molar-refractivity contribution in [3.63, 3.8) is 0 Å². The van der Waals surface area contributed by atoms with Crippen LogP contribution in [-0.4, -0.2) is 77.0 Å². The Kier molecular flexibility index (Phi) is 15.3. The van der Waals surface area contributed by atoms with Gasteiger partial charge < -0.3 is 28.9 Å². The van der Waals surface area contributed by atoms with Crippen molar-refractivity contribution in [3.8, 4) is 11.3 Å². The van der Waals surface area contributed by atoms with Crippen molar-refractivity contribution in [2.75, 3.05) is 20.9 Å². The number of ketones is 2. The van der Waals surface area contributed by atoms with Gasteiger partial charge in [-0.3, -0.25) is 19.0 Å². The maximum Gasteiger partial charge on any atom is 0.526 e. The van der Waals surface area contributed by atoms with Crippen LogP contribution < -0.4 is 15.1 Å². The zero-order valence-electron chi connectivity index (χ0n) is 34.4. The lowest BCUT2D eigenvalue weighted by Crippen LogP contribution is -2.27. The SMILES string of the molecule is CCCS(=O)(=O)Nc1ccc(F)c(C(=O)c2c[nH]c3ncc(-c4ccco4)cc23)c1F.CCCS(=O)(=O)Nc1ccc(F)c(C(=O)c2c[nH]c3ncc(Br)cc23)c1F.OB(O)c1ccco1. The molecular formula is C42H36BBrF4N6O10S2. The van der Waals surface area contributed by atoms with E-state index in [1.54, 1.807) is 44.2 Å². The minimum Gasteiger partial charge on any atom is -0.473 e. The lowest BCUT2D eigenvalue weighted by atomic mass is 9.88. The number of sulfonamides is 2. The third kappa shape index (κ3) is 11.3. The maximum atomic E-state index is 15.0. The summed E-state index contributed by atoms with van der Waals surface area (Å²) in [7, 11) is -9.12. The molecule has 6 aromatic heterocycles. The molecule has 0 unspecified atom stereocenters. The number of nitrogens with one attached hydrogen (secondary N) is 4. The molecule has 8 aromatic rings. The summed E-state index contributed by atoms with van der Waals surface area (Å²) in [6.07, 6.45) is 9.16. The smallest absolute Gasteiger partial charge is 0.473 e. The summed E-state index contributed by atoms with van der Waals surface area (Å²) in [5, 5.41) is 17.5. The van der Waals surface area contributed by atoms with Crippen LogP contribution >= 0.6 is 15.9 Å². The van der Waals surface area contributed by atoms with E-state index in [-0.39, 0.29) is 28.3 Å². The minimum atomic E-state index is -3.83. The number of anilines is 2. The first-order valence-corrected chi connectivity index (χ1v) is 23.5. The number of H-pyrrole nitrogens is 2. The topological polar surface area (TPSA) is 251 Å². The molecule has 0 aliphatic rings. The van der Waals surface area contributed by atoms with Gasteiger partial charge in [0.05, 0.1) is 46.5 Å². The van der Waals surface area contributed by atoms with E-state index in [4.69, 9.17) is 14.5 Å². The van der Waals surface area contributed by atoms with E-state index in [2.05, 4.69) is 49.7 Å². The molecule has 0 saturated carbocycles. The highest BCUT2D eigenvalue weighted by atomic mass is 79.9. The van der Waals surface area contributed by atoms with Gasteiger partial charge in [0.2, 0.25) is 31.6 Å². The lowest BCUT2D eigenvalue weighted by Gasteiger charge is -2.11. The number of hydrogen-bond donors (Lipinski definition) is 6. The molecule has 0 radical (unpaired) electrons. The van der Waals surface area contributed by atoms with Crippen LogP contribution in [0, 0.1) is 23.3 Å². The highest BCUT2D eigenvalue weighted by Gasteiger charge is 2.28. The average Bonchev–Trinajstić information content (AvgIpc) is 4.11. The summed E-state index contributed by atoms with van der Waals surface area (Å²) in [5.41, 5.74) is -1.19. The summed E-state index contributed by atoms with van der Waals surface area (Å²) in [4.78, 5) is 39.7. The van der Waals surface area contributed by atoms with Gasteiger partial charge in [0, 0.05) is 56.7 Å². The second-order valence-corrected chi connectivity index (χ2v) is 18.6. The van der Waals surface area contributed by atoms with Gasteiger partial charge in [0.15, 0.2) is 11.6 Å². The molecule has 2 aromatic carbocycles. The molecule has 0 fully saturated rings. The van der Waals surface area contributed by atoms with Crippen LogP contribution in [0.3, 0.4) is 0 Å². The second-order valence-electron chi connectivity index (χ2n) is 14.0. The molecular weight excluding hydrogens is 979 g/mol. The molecule has 0 spiro atoms. The number of fused-ring (bicyclic) bond motifs is 2. The van der Waals surface area contributed by atoms with Crippen LogP contribution in [0.5, 0.6) is 0 Å². The zero-order chi connectivity index (χ0) is 47.9. The Bertz CT molecular complexity index is 3260. The quantitative estimate of drug-likeness (QED) is 0.0354. The first kappa shape index (κ1) is 48.9. The lowest BCUT2D eigenvalue weighted by molar-refractivity contribution is 0.102. The number of benzene rings is 2. The van der Waals surface area contributed by atoms with Crippen molar-refractivity contribution >= 4 is 93.8 Å². The van der Waals surface area contributed by atoms with Gasteiger partial charge in [0.1, 0.15) is 34.3 Å². The standard InChI is InChI=1S/C21H17F2N3O4S.C17H14BrF2N3O3S.C4H5BO3/c1-2-8-31(28,29)26-16-6-5-15(22)18(19(16)23)20(27)14-11-25-21-13(14)9-12(10-24-21)17-4-3-7-30-17;1-2-5-27(25,26)23-13-4-3-12(19)14(15(13)20)16(24)11-8-22-17-10(11)6-9(18)7-21-17;6-5(7)4-2-1-3-8-4/h3-7,9-11,26H,2,8H2,1H3,(H,24,25);3-4,6-8,23H,2,5H2,1H3,(H,21,22);1-3,6-7H. The van der Waals surface area contributed by atoms with Gasteiger partial charge in [-0.2, -0.15) is 0 Å². The first-order valence-electron chi connectivity index (χ1n) is 19.4. The van der Waals surface area contributed by atoms with Crippen molar-refractivity contribution < 1.29 is 62.9 Å². The molecule has 0 aliphatic heterocycles. The molecule has 6 heterocycles. The number of furan rings is 2. The number of nitrogens with zero attached hydrogens (tertiary/aromatic N) is 2. The molecule has 0 aliphatic carbocycles. The van der Waals surface area contributed by atoms with Crippen LogP contribution in [0.2, 0.25) is 0 Å². The highest BCUT2D eigenvalue weighted by molar-refractivity contribution is 9.10. The maximum absolute atomic E-state index is 15.0. The van der Waals surface area contributed by atoms with Crippen LogP contribution in [-0.2, 0) is 20.0 Å². The fourth-order valence-electron chi connectivity index (χ4n) is 6.30. The Hall–Kier alpha value is -6.60. The Labute approximate surface area is 381 Å². The summed E-state index contributed by atoms with van der Waals surface area (Å²) in [6.45, 7) is 3.30. The Balaban J connectivity index is 0.000000188. The molecule has 24 heteroatoms. The normalized spacial score (nSPS) is 11.4. The van der Waals surface area contributed by atoms with E-state index >= 15 is 4.39 Å². The fraction of sp³-hybridized carbons (Fsp3) is 0.143. The average molecular weight is 1020 g/mol. The molecule has 8 rings (SSSR count). The van der Waals surface area contributed by atoms with Gasteiger partial charge in [-0.25, -0.2) is 44.4 Å². The fourth-order valence-corrected chi connectivity index (χ4v) is 8.89. The van der Waals surface area contributed by atoms with E-state index < -0.39 is 84.5 Å². The number of carbonyl (C=O) groups is 2. The Morgan fingerprint density at radius 3 is 1.64 bits per heavy atom. The number of halogens is 5. The van der Waals surface area contributed by atoms with Crippen LogP contribution in [0.25, 0.3) is 33.4 Å². The minimum absolute atomic E-state index is 0.0118. The van der Waals surface area contributed by atoms with E-state index in [9.17, 15) is 39.6 Å². The summed E-state index contributed by atoms with van der Waals surface area (Å²) in [6, 6.07) is 13.3. The first-order chi connectivity index (χ1) is 31.3. The molecule has 0 saturated heterocycles. The van der Waals surface area contributed by atoms with Crippen LogP contribution in [0.4, 0.5) is 28.9 Å². The van der Waals surface area contributed by atoms with Crippen LogP contribution in [0.1, 0.15) is 58.5 Å². The summed E-state index contributed by atoms with van der Waals surface area (Å²) >= 11 is 3.23. The number of pyridine rings is 2. The van der Waals surface area contributed by atoms with Crippen molar-refractivity contribution in [3.05, 3.63) is 148 Å². The monoisotopic (exact) mass is 1010 g/mol. The third-order valence-corrected chi connectivity index (χ3v) is 12.6. The van der Waals surface area contributed by atoms with E-state index in [0.29, 0.717) is 50.7 Å². The van der Waals surface area contributed by atoms with Gasteiger partial charge in [-0.1, -0.05) is 13.8 Å². The second kappa shape index (κ2) is 20.7. The summed E-state index contributed by atoms with van der Waals surface area (Å²) in [5.74, 6) is -6.57. The predicted molar refractivity (Wildman–Crippen MR) is 241 cm³/mol. The van der Waals surface area contributed by atoms with Crippen molar-refractivity contribution in [2.24, 2.45) is 0 Å². The van der Waals surface area contributed by atoms with Gasteiger partial charge >= 0.3 is 7.12 Å². The van der Waals surface area contributed by atoms with E-state index in [1.165, 1.54) is 43.4 Å². The van der Waals surface area contributed by atoms with Gasteiger partial charge in [0.25, 0.3) is 0 Å². The Morgan fingerprint density at radius 1 is 0.712 bits per heavy atom. The van der Waals surface area contributed by atoms with Crippen molar-refractivity contribution in [1.82, 2.24) is 19.9 Å². The molecule has 0 bridgehead atoms. The zero-order valence-corrected chi connectivity index (χ0v) is 37.6. The number of rotatable bonds is 14. The van der Waals surface area contributed by atoms with Gasteiger partial charge in [-0.15, -0.1) is 0 Å². The number of hydrogen-bond acceptors (Lipinski definition) is 12. The number of carbonyl (C=O) groups excluding carboxylic acids is 2. The highest BCUT2D eigenvalue weighted by Crippen LogP contribution is 2.31. The van der Waals surface area contributed by atoms with E-state index in [1.807, 2.05) is 0 Å². The molecule has 66 heavy (non-hydrogen) atoms. The van der Waals surface area contributed by atoms with Crippen molar-refractivity contribution in [2.45, 2.75) is 26.7 Å². The summed E-state index contributed by atoms with van der Waals surface area (Å²) < 4.78 is 121. The predicted octanol–water partition coefficient (Wildman–Crippen LogP) is 7.43. The van der Waals surface area contributed by atoms with E-state index in [0.717, 1.165) is 24.3 Å². The molecule has 0 atom stereocenters. The Morgan fingerprint density at radius 2 is 1.20 bits per heavy atom. The van der Waals surface area contributed by atoms with Crippen LogP contribution in [0.15, 0.2) is 111 Å².